The molecule has 1 heterocycles. The zero-order chi connectivity index (χ0) is 43.9. The Bertz CT molecular complexity index is 3860. The quantitative estimate of drug-likeness (QED) is 0.147. The number of hydrogen-bond donors (Lipinski definition) is 0. The lowest BCUT2D eigenvalue weighted by atomic mass is 9.81. The van der Waals surface area contributed by atoms with Gasteiger partial charge >= 0.3 is 0 Å². The lowest BCUT2D eigenvalue weighted by Crippen LogP contribution is -2.15. The predicted octanol–water partition coefficient (Wildman–Crippen LogP) is 17.7. The van der Waals surface area contributed by atoms with Crippen LogP contribution < -0.4 is 0 Å². The fourth-order valence-electron chi connectivity index (χ4n) is 11.2. The molecule has 0 fully saturated rings. The second-order valence-electron chi connectivity index (χ2n) is 18.4. The van der Waals surface area contributed by atoms with E-state index in [2.05, 4.69) is 255 Å². The molecule has 0 aliphatic heterocycles. The fraction of sp³-hybridized carbons (Fsp3) is 0.0462. The highest BCUT2D eigenvalue weighted by Gasteiger charge is 2.36. The Kier molecular flexibility index (Phi) is 8.63. The van der Waals surface area contributed by atoms with Crippen molar-refractivity contribution in [3.8, 4) is 72.6 Å². The molecule has 1 heteroatoms. The van der Waals surface area contributed by atoms with Crippen LogP contribution in [0.2, 0.25) is 0 Å². The van der Waals surface area contributed by atoms with Crippen molar-refractivity contribution in [3.63, 3.8) is 0 Å². The van der Waals surface area contributed by atoms with Gasteiger partial charge in [0.1, 0.15) is 0 Å². The first-order valence-electron chi connectivity index (χ1n) is 23.1. The third-order valence-corrected chi connectivity index (χ3v) is 14.3. The van der Waals surface area contributed by atoms with Gasteiger partial charge in [-0.05, 0) is 135 Å². The smallest absolute Gasteiger partial charge is 0.0619 e. The molecular weight excluding hydrogens is 795 g/mol. The summed E-state index contributed by atoms with van der Waals surface area (Å²) in [5.41, 5.74) is 19.7. The summed E-state index contributed by atoms with van der Waals surface area (Å²) in [5.74, 6) is 0. The van der Waals surface area contributed by atoms with Crippen molar-refractivity contribution in [2.45, 2.75) is 19.3 Å². The van der Waals surface area contributed by atoms with Crippen LogP contribution in [-0.2, 0) is 5.41 Å². The van der Waals surface area contributed by atoms with Gasteiger partial charge in [-0.1, -0.05) is 214 Å². The number of benzene rings is 11. The van der Waals surface area contributed by atoms with Crippen molar-refractivity contribution in [3.05, 3.63) is 248 Å². The molecule has 1 aliphatic carbocycles. The van der Waals surface area contributed by atoms with Gasteiger partial charge in [0, 0.05) is 22.1 Å². The average Bonchev–Trinajstić information content (AvgIpc) is 3.83. The van der Waals surface area contributed by atoms with E-state index in [1.165, 1.54) is 121 Å². The number of hydrogen-bond acceptors (Lipinski definition) is 0. The Morgan fingerprint density at radius 2 is 0.773 bits per heavy atom. The molecule has 0 amide bonds. The normalized spacial score (nSPS) is 12.8. The van der Waals surface area contributed by atoms with E-state index in [-0.39, 0.29) is 5.41 Å². The number of nitrogens with zero attached hydrogens (tertiary/aromatic N) is 1. The molecule has 0 atom stereocenters. The molecule has 1 nitrogen and oxygen atoms in total. The molecule has 66 heavy (non-hydrogen) atoms. The van der Waals surface area contributed by atoms with Gasteiger partial charge in [-0.15, -0.1) is 0 Å². The third kappa shape index (κ3) is 5.87. The van der Waals surface area contributed by atoms with E-state index in [1.54, 1.807) is 0 Å². The SMILES string of the molecule is CC1(C)c2cc(-c3ccc4ccccc4c3)ccc2-c2ccc(-n3c(-c4ccccc4)c(-c4ccccc4)c4cc5c(-c6ccccc6)c6ccccc6c(-c6ccccc6)c5cc43)cc21. The van der Waals surface area contributed by atoms with Crippen molar-refractivity contribution in [2.75, 3.05) is 0 Å². The molecule has 310 valence electrons. The molecule has 1 aromatic heterocycles. The molecule has 0 N–H and O–H groups in total. The van der Waals surface area contributed by atoms with Gasteiger partial charge in [0.25, 0.3) is 0 Å². The first-order valence-corrected chi connectivity index (χ1v) is 23.1. The highest BCUT2D eigenvalue weighted by atomic mass is 15.0. The molecule has 0 radical (unpaired) electrons. The van der Waals surface area contributed by atoms with Crippen molar-refractivity contribution >= 4 is 43.2 Å². The van der Waals surface area contributed by atoms with Crippen LogP contribution >= 0.6 is 0 Å². The van der Waals surface area contributed by atoms with Crippen LogP contribution in [0.1, 0.15) is 25.0 Å². The molecule has 0 saturated carbocycles. The van der Waals surface area contributed by atoms with E-state index in [0.717, 1.165) is 5.69 Å². The van der Waals surface area contributed by atoms with E-state index >= 15 is 0 Å². The second kappa shape index (κ2) is 14.9. The van der Waals surface area contributed by atoms with Crippen LogP contribution in [0.4, 0.5) is 0 Å². The van der Waals surface area contributed by atoms with E-state index in [0.29, 0.717) is 0 Å². The van der Waals surface area contributed by atoms with Gasteiger partial charge in [-0.2, -0.15) is 0 Å². The number of aromatic nitrogens is 1. The molecule has 0 spiro atoms. The lowest BCUT2D eigenvalue weighted by Gasteiger charge is -2.23. The van der Waals surface area contributed by atoms with Crippen molar-refractivity contribution in [1.82, 2.24) is 4.57 Å². The van der Waals surface area contributed by atoms with E-state index in [1.807, 2.05) is 0 Å². The van der Waals surface area contributed by atoms with E-state index in [9.17, 15) is 0 Å². The minimum Gasteiger partial charge on any atom is -0.309 e. The predicted molar refractivity (Wildman–Crippen MR) is 281 cm³/mol. The largest absolute Gasteiger partial charge is 0.309 e. The maximum absolute atomic E-state index is 2.57. The fourth-order valence-corrected chi connectivity index (χ4v) is 11.2. The maximum Gasteiger partial charge on any atom is 0.0619 e. The summed E-state index contributed by atoms with van der Waals surface area (Å²) >= 11 is 0. The Labute approximate surface area is 385 Å². The summed E-state index contributed by atoms with van der Waals surface area (Å²) in [4.78, 5) is 0. The first-order chi connectivity index (χ1) is 32.5. The Morgan fingerprint density at radius 1 is 0.303 bits per heavy atom. The van der Waals surface area contributed by atoms with Crippen molar-refractivity contribution in [1.29, 1.82) is 0 Å². The number of fused-ring (bicyclic) bond motifs is 7. The van der Waals surface area contributed by atoms with Gasteiger partial charge < -0.3 is 4.57 Å². The van der Waals surface area contributed by atoms with Crippen molar-refractivity contribution in [2.24, 2.45) is 0 Å². The highest BCUT2D eigenvalue weighted by molar-refractivity contribution is 6.25. The minimum atomic E-state index is -0.234. The van der Waals surface area contributed by atoms with Gasteiger partial charge in [0.15, 0.2) is 0 Å². The topological polar surface area (TPSA) is 4.93 Å². The Hall–Kier alpha value is -8.26. The molecule has 12 aromatic rings. The third-order valence-electron chi connectivity index (χ3n) is 14.3. The van der Waals surface area contributed by atoms with Crippen LogP contribution in [0, 0.1) is 0 Å². The molecular formula is C65H45N. The molecule has 13 rings (SSSR count). The van der Waals surface area contributed by atoms with Gasteiger partial charge in [-0.25, -0.2) is 0 Å². The van der Waals surface area contributed by atoms with Crippen LogP contribution in [0.15, 0.2) is 237 Å². The zero-order valence-electron chi connectivity index (χ0n) is 37.0. The van der Waals surface area contributed by atoms with Crippen molar-refractivity contribution < 1.29 is 0 Å². The minimum absolute atomic E-state index is 0.234. The van der Waals surface area contributed by atoms with Crippen LogP contribution in [0.25, 0.3) is 116 Å². The summed E-state index contributed by atoms with van der Waals surface area (Å²) in [6, 6.07) is 87.8. The van der Waals surface area contributed by atoms with Crippen LogP contribution in [-0.4, -0.2) is 4.57 Å². The summed E-state index contributed by atoms with van der Waals surface area (Å²) < 4.78 is 2.57. The second-order valence-corrected chi connectivity index (χ2v) is 18.4. The summed E-state index contributed by atoms with van der Waals surface area (Å²) in [6.45, 7) is 4.81. The zero-order valence-corrected chi connectivity index (χ0v) is 37.0. The van der Waals surface area contributed by atoms with E-state index in [4.69, 9.17) is 0 Å². The molecule has 11 aromatic carbocycles. The summed E-state index contributed by atoms with van der Waals surface area (Å²) in [5, 5.41) is 8.73. The summed E-state index contributed by atoms with van der Waals surface area (Å²) in [7, 11) is 0. The maximum atomic E-state index is 2.57. The Balaban J connectivity index is 1.12. The lowest BCUT2D eigenvalue weighted by molar-refractivity contribution is 0.660. The van der Waals surface area contributed by atoms with Gasteiger partial charge in [-0.3, -0.25) is 0 Å². The molecule has 0 bridgehead atoms. The average molecular weight is 840 g/mol. The molecule has 0 unspecified atom stereocenters. The molecule has 0 saturated heterocycles. The van der Waals surface area contributed by atoms with Crippen LogP contribution in [0.3, 0.4) is 0 Å². The summed E-state index contributed by atoms with van der Waals surface area (Å²) in [6.07, 6.45) is 0. The number of rotatable bonds is 6. The Morgan fingerprint density at radius 3 is 1.39 bits per heavy atom. The monoisotopic (exact) mass is 839 g/mol. The van der Waals surface area contributed by atoms with Gasteiger partial charge in [0.05, 0.1) is 11.2 Å². The van der Waals surface area contributed by atoms with Gasteiger partial charge in [0.2, 0.25) is 0 Å². The van der Waals surface area contributed by atoms with E-state index < -0.39 is 0 Å². The highest BCUT2D eigenvalue weighted by Crippen LogP contribution is 2.53. The molecule has 1 aliphatic rings. The standard InChI is InChI=1S/C65H45N/c1-65(2)58-38-49(48-32-31-42-19-15-16-28-47(42)37-48)33-35-51(58)52-36-34-50(39-59(52)65)66-60-41-56-55(40-57(60)63(45-24-11-5-12-25-45)64(66)46-26-13-6-14-27-46)61(43-20-7-3-8-21-43)53-29-17-18-30-54(53)62(56)44-22-9-4-10-23-44/h3-41H,1-2H3. The first kappa shape index (κ1) is 38.2. The van der Waals surface area contributed by atoms with Crippen LogP contribution in [0.5, 0.6) is 0 Å².